The van der Waals surface area contributed by atoms with E-state index in [1.54, 1.807) is 44.4 Å². The minimum absolute atomic E-state index is 0. The molecule has 7 nitrogen and oxygen atoms in total. The van der Waals surface area contributed by atoms with Crippen molar-refractivity contribution in [2.24, 2.45) is 5.73 Å². The Morgan fingerprint density at radius 2 is 1.88 bits per heavy atom. The number of methoxy groups -OCH3 is 2. The Balaban J connectivity index is 0.00000338. The molecular weight excluding hydrogens is 358 g/mol. The van der Waals surface area contributed by atoms with E-state index >= 15 is 0 Å². The van der Waals surface area contributed by atoms with Crippen molar-refractivity contribution in [3.8, 4) is 11.5 Å². The van der Waals surface area contributed by atoms with Gasteiger partial charge in [0, 0.05) is 31.8 Å². The highest BCUT2D eigenvalue weighted by Crippen LogP contribution is 2.31. The molecule has 146 valence electrons. The van der Waals surface area contributed by atoms with Crippen LogP contribution in [0.25, 0.3) is 0 Å². The average Bonchev–Trinajstić information content (AvgIpc) is 3.01. The number of likely N-dealkylation sites (N-methyl/N-ethyl adjacent to an activating group) is 1. The molecule has 0 saturated carbocycles. The quantitative estimate of drug-likeness (QED) is 0.773. The summed E-state index contributed by atoms with van der Waals surface area (Å²) in [5, 5.41) is 0. The minimum atomic E-state index is -0.561. The summed E-state index contributed by atoms with van der Waals surface area (Å²) < 4.78 is 10.5. The fourth-order valence-electron chi connectivity index (χ4n) is 3.08. The van der Waals surface area contributed by atoms with Crippen LogP contribution >= 0.6 is 12.4 Å². The number of hydrogen-bond acceptors (Lipinski definition) is 5. The number of nitrogens with two attached hydrogens (primary N) is 1. The van der Waals surface area contributed by atoms with Crippen molar-refractivity contribution in [3.63, 3.8) is 0 Å². The van der Waals surface area contributed by atoms with E-state index in [4.69, 9.17) is 15.2 Å². The number of hydrogen-bond donors (Lipinski definition) is 1. The number of carbonyl (C=O) groups is 2. The number of halogens is 1. The molecule has 0 spiro atoms. The minimum Gasteiger partial charge on any atom is -0.497 e. The zero-order chi connectivity index (χ0) is 18.6. The third-order valence-corrected chi connectivity index (χ3v) is 4.56. The van der Waals surface area contributed by atoms with Gasteiger partial charge >= 0.3 is 0 Å². The number of carbonyl (C=O) groups excluding carboxylic acids is 2. The van der Waals surface area contributed by atoms with Crippen LogP contribution in [0.3, 0.4) is 0 Å². The molecule has 2 N–H and O–H groups in total. The third-order valence-electron chi connectivity index (χ3n) is 4.56. The normalized spacial score (nSPS) is 17.5. The first-order valence-electron chi connectivity index (χ1n) is 8.49. The van der Waals surface area contributed by atoms with Crippen LogP contribution in [0.1, 0.15) is 26.2 Å². The lowest BCUT2D eigenvalue weighted by Gasteiger charge is -2.26. The molecular formula is C18H28ClN3O4. The van der Waals surface area contributed by atoms with Gasteiger partial charge < -0.3 is 25.0 Å². The highest BCUT2D eigenvalue weighted by Gasteiger charge is 2.38. The molecule has 1 aromatic rings. The second-order valence-corrected chi connectivity index (χ2v) is 6.21. The predicted molar refractivity (Wildman–Crippen MR) is 103 cm³/mol. The van der Waals surface area contributed by atoms with E-state index in [1.807, 2.05) is 6.92 Å². The van der Waals surface area contributed by atoms with Crippen molar-refractivity contribution in [3.05, 3.63) is 18.2 Å². The summed E-state index contributed by atoms with van der Waals surface area (Å²) in [5.74, 6) is 0.917. The van der Waals surface area contributed by atoms with Crippen LogP contribution in [0, 0.1) is 0 Å². The van der Waals surface area contributed by atoms with Gasteiger partial charge in [0.05, 0.1) is 25.9 Å². The SMILES string of the molecule is CCCC(N)C(=O)N(C)C1CCN(c2cc(OC)cc(OC)c2)C1=O.Cl. The maximum atomic E-state index is 12.8. The van der Waals surface area contributed by atoms with Gasteiger partial charge in [0.1, 0.15) is 17.5 Å². The zero-order valence-electron chi connectivity index (χ0n) is 15.7. The molecule has 1 heterocycles. The van der Waals surface area contributed by atoms with E-state index in [2.05, 4.69) is 0 Å². The van der Waals surface area contributed by atoms with Gasteiger partial charge in [0.2, 0.25) is 11.8 Å². The van der Waals surface area contributed by atoms with Crippen molar-refractivity contribution in [1.82, 2.24) is 4.90 Å². The molecule has 0 aliphatic carbocycles. The first kappa shape index (κ1) is 22.1. The van der Waals surface area contributed by atoms with E-state index in [9.17, 15) is 9.59 Å². The highest BCUT2D eigenvalue weighted by atomic mass is 35.5. The van der Waals surface area contributed by atoms with Crippen molar-refractivity contribution >= 4 is 29.9 Å². The van der Waals surface area contributed by atoms with Gasteiger partial charge in [-0.1, -0.05) is 13.3 Å². The second-order valence-electron chi connectivity index (χ2n) is 6.21. The molecule has 2 atom stereocenters. The average molecular weight is 386 g/mol. The lowest BCUT2D eigenvalue weighted by atomic mass is 10.1. The Bertz CT molecular complexity index is 619. The standard InChI is InChI=1S/C18H27N3O4.ClH/c1-5-6-15(19)17(22)20(2)16-7-8-21(18(16)23)12-9-13(24-3)11-14(10-12)25-4;/h9-11,15-16H,5-8,19H2,1-4H3;1H. The van der Waals surface area contributed by atoms with Gasteiger partial charge in [-0.2, -0.15) is 0 Å². The van der Waals surface area contributed by atoms with Gasteiger partial charge in [0.25, 0.3) is 0 Å². The summed E-state index contributed by atoms with van der Waals surface area (Å²) in [6.07, 6.45) is 2.01. The maximum absolute atomic E-state index is 12.8. The van der Waals surface area contributed by atoms with Crippen LogP contribution in [0.5, 0.6) is 11.5 Å². The van der Waals surface area contributed by atoms with E-state index in [1.165, 1.54) is 4.90 Å². The topological polar surface area (TPSA) is 85.1 Å². The van der Waals surface area contributed by atoms with Crippen molar-refractivity contribution in [2.75, 3.05) is 32.7 Å². The first-order chi connectivity index (χ1) is 11.9. The predicted octanol–water partition coefficient (Wildman–Crippen LogP) is 1.82. The summed E-state index contributed by atoms with van der Waals surface area (Å²) in [6.45, 7) is 2.51. The van der Waals surface area contributed by atoms with E-state index < -0.39 is 12.1 Å². The van der Waals surface area contributed by atoms with Crippen molar-refractivity contribution < 1.29 is 19.1 Å². The highest BCUT2D eigenvalue weighted by molar-refractivity contribution is 6.02. The van der Waals surface area contributed by atoms with Gasteiger partial charge in [0.15, 0.2) is 0 Å². The van der Waals surface area contributed by atoms with Crippen LogP contribution in [0.2, 0.25) is 0 Å². The van der Waals surface area contributed by atoms with E-state index in [-0.39, 0.29) is 24.2 Å². The summed E-state index contributed by atoms with van der Waals surface area (Å²) >= 11 is 0. The second kappa shape index (κ2) is 9.64. The lowest BCUT2D eigenvalue weighted by Crippen LogP contribution is -2.49. The number of rotatable bonds is 7. The van der Waals surface area contributed by atoms with E-state index in [0.717, 1.165) is 6.42 Å². The smallest absolute Gasteiger partial charge is 0.249 e. The van der Waals surface area contributed by atoms with Crippen LogP contribution in [0.4, 0.5) is 5.69 Å². The lowest BCUT2D eigenvalue weighted by molar-refractivity contribution is -0.137. The molecule has 1 aliphatic rings. The van der Waals surface area contributed by atoms with Gasteiger partial charge in [-0.15, -0.1) is 12.4 Å². The number of nitrogens with zero attached hydrogens (tertiary/aromatic N) is 2. The molecule has 2 unspecified atom stereocenters. The molecule has 1 aromatic carbocycles. The Kier molecular flexibility index (Phi) is 8.17. The van der Waals surface area contributed by atoms with Crippen molar-refractivity contribution in [1.29, 1.82) is 0 Å². The molecule has 2 amide bonds. The first-order valence-corrected chi connectivity index (χ1v) is 8.49. The van der Waals surface area contributed by atoms with Crippen LogP contribution in [0.15, 0.2) is 18.2 Å². The van der Waals surface area contributed by atoms with Gasteiger partial charge in [-0.05, 0) is 12.8 Å². The molecule has 0 radical (unpaired) electrons. The van der Waals surface area contributed by atoms with Gasteiger partial charge in [-0.25, -0.2) is 0 Å². The molecule has 1 saturated heterocycles. The number of amides is 2. The third kappa shape index (κ3) is 4.59. The number of anilines is 1. The molecule has 0 bridgehead atoms. The molecule has 2 rings (SSSR count). The Morgan fingerprint density at radius 1 is 1.31 bits per heavy atom. The van der Waals surface area contributed by atoms with E-state index in [0.29, 0.717) is 36.6 Å². The summed E-state index contributed by atoms with van der Waals surface area (Å²) in [5.41, 5.74) is 6.61. The molecule has 1 aliphatic heterocycles. The monoisotopic (exact) mass is 385 g/mol. The summed E-state index contributed by atoms with van der Waals surface area (Å²) in [6, 6.07) is 4.27. The number of ether oxygens (including phenoxy) is 2. The molecule has 1 fully saturated rings. The molecule has 8 heteroatoms. The van der Waals surface area contributed by atoms with Crippen LogP contribution < -0.4 is 20.1 Å². The maximum Gasteiger partial charge on any atom is 0.249 e. The Labute approximate surface area is 160 Å². The largest absolute Gasteiger partial charge is 0.497 e. The zero-order valence-corrected chi connectivity index (χ0v) is 16.5. The summed E-state index contributed by atoms with van der Waals surface area (Å²) in [4.78, 5) is 28.4. The van der Waals surface area contributed by atoms with Gasteiger partial charge in [-0.3, -0.25) is 9.59 Å². The van der Waals surface area contributed by atoms with Crippen LogP contribution in [-0.4, -0.2) is 56.6 Å². The fourth-order valence-corrected chi connectivity index (χ4v) is 3.08. The number of benzene rings is 1. The van der Waals surface area contributed by atoms with Crippen molar-refractivity contribution in [2.45, 2.75) is 38.3 Å². The Morgan fingerprint density at radius 3 is 2.38 bits per heavy atom. The molecule has 26 heavy (non-hydrogen) atoms. The fraction of sp³-hybridized carbons (Fsp3) is 0.556. The van der Waals surface area contributed by atoms with Crippen LogP contribution in [-0.2, 0) is 9.59 Å². The molecule has 0 aromatic heterocycles. The summed E-state index contributed by atoms with van der Waals surface area (Å²) in [7, 11) is 4.78. The Hall–Kier alpha value is -1.99.